The Morgan fingerprint density at radius 1 is 1.07 bits per heavy atom. The van der Waals surface area contributed by atoms with E-state index in [4.69, 9.17) is 30.8 Å². The second-order valence-corrected chi connectivity index (χ2v) is 12.0. The van der Waals surface area contributed by atoms with E-state index in [0.717, 1.165) is 49.7 Å². The number of methoxy groups -OCH3 is 3. The highest BCUT2D eigenvalue weighted by Gasteiger charge is 2.33. The number of aliphatic imine (C=N–C) groups is 1. The molecule has 2 aliphatic heterocycles. The summed E-state index contributed by atoms with van der Waals surface area (Å²) in [6.07, 6.45) is 0.719. The quantitative estimate of drug-likeness (QED) is 0.261. The van der Waals surface area contributed by atoms with Crippen molar-refractivity contribution >= 4 is 46.3 Å². The fraction of sp³-hybridized carbons (Fsp3) is 0.310. The second-order valence-electron chi connectivity index (χ2n) is 9.51. The Balaban J connectivity index is 1.29. The molecule has 0 aliphatic carbocycles. The predicted molar refractivity (Wildman–Crippen MR) is 161 cm³/mol. The number of thiophene rings is 1. The fourth-order valence-corrected chi connectivity index (χ4v) is 7.89. The molecule has 0 saturated heterocycles. The van der Waals surface area contributed by atoms with Crippen LogP contribution in [0.4, 0.5) is 0 Å². The minimum Gasteiger partial charge on any atom is -0.493 e. The summed E-state index contributed by atoms with van der Waals surface area (Å²) in [5.74, 6) is 3.57. The van der Waals surface area contributed by atoms with E-state index in [-0.39, 0.29) is 11.7 Å². The van der Waals surface area contributed by atoms with Gasteiger partial charge in [0, 0.05) is 27.6 Å². The van der Waals surface area contributed by atoms with E-state index in [1.165, 1.54) is 17.3 Å². The summed E-state index contributed by atoms with van der Waals surface area (Å²) in [6.45, 7) is 3.51. The van der Waals surface area contributed by atoms with Gasteiger partial charge in [0.05, 0.1) is 44.2 Å². The van der Waals surface area contributed by atoms with Crippen LogP contribution in [0.15, 0.2) is 46.3 Å². The first-order valence-corrected chi connectivity index (χ1v) is 15.2. The molecule has 41 heavy (non-hydrogen) atoms. The number of fused-ring (bicyclic) bond motifs is 5. The van der Waals surface area contributed by atoms with Crippen LogP contribution in [0.2, 0.25) is 5.02 Å². The van der Waals surface area contributed by atoms with Crippen LogP contribution in [0, 0.1) is 6.92 Å². The maximum absolute atomic E-state index is 13.4. The lowest BCUT2D eigenvalue weighted by molar-refractivity contribution is -0.129. The van der Waals surface area contributed by atoms with Crippen molar-refractivity contribution in [2.45, 2.75) is 31.3 Å². The molecule has 6 rings (SSSR count). The number of benzene rings is 2. The van der Waals surface area contributed by atoms with Crippen LogP contribution < -0.4 is 14.2 Å². The van der Waals surface area contributed by atoms with Crippen LogP contribution in [0.3, 0.4) is 0 Å². The predicted octanol–water partition coefficient (Wildman–Crippen LogP) is 5.34. The topological polar surface area (TPSA) is 91.1 Å². The summed E-state index contributed by atoms with van der Waals surface area (Å²) in [7, 11) is 4.73. The zero-order chi connectivity index (χ0) is 28.7. The molecule has 4 heterocycles. The number of halogens is 1. The number of thioether (sulfide) groups is 1. The minimum absolute atomic E-state index is 0.0576. The molecule has 1 amide bonds. The number of aromatic nitrogens is 3. The van der Waals surface area contributed by atoms with Crippen LogP contribution in [-0.4, -0.2) is 64.9 Å². The van der Waals surface area contributed by atoms with E-state index in [2.05, 4.69) is 14.8 Å². The largest absolute Gasteiger partial charge is 0.493 e. The van der Waals surface area contributed by atoms with Crippen LogP contribution >= 0.6 is 34.7 Å². The molecule has 9 nitrogen and oxygen atoms in total. The van der Waals surface area contributed by atoms with Crippen LogP contribution in [-0.2, 0) is 24.3 Å². The van der Waals surface area contributed by atoms with E-state index in [1.54, 1.807) is 32.7 Å². The van der Waals surface area contributed by atoms with E-state index in [0.29, 0.717) is 41.9 Å². The molecule has 0 unspecified atom stereocenters. The van der Waals surface area contributed by atoms with E-state index in [9.17, 15) is 4.79 Å². The van der Waals surface area contributed by atoms with Gasteiger partial charge < -0.3 is 19.1 Å². The van der Waals surface area contributed by atoms with Crippen molar-refractivity contribution in [3.05, 3.63) is 74.6 Å². The number of carbonyl (C=O) groups excluding carboxylic acids is 1. The minimum atomic E-state index is 0.0576. The Labute approximate surface area is 251 Å². The second kappa shape index (κ2) is 11.4. The Hall–Kier alpha value is -3.54. The number of amides is 1. The van der Waals surface area contributed by atoms with Gasteiger partial charge in [-0.2, -0.15) is 0 Å². The molecule has 0 radical (unpaired) electrons. The average molecular weight is 610 g/mol. The molecule has 2 aliphatic rings. The standard InChI is InChI=1S/C29H28ClN5O4S2/c1-16-32-33-23-13-31-26(17-7-5-6-8-19(17)30)25-18-11-12-34(14-22(18)41-29(25)35(16)23)24(36)15-40-21-10-9-20(37-2)27(38-3)28(21)39-4/h5-10H,11-15H2,1-4H3. The summed E-state index contributed by atoms with van der Waals surface area (Å²) in [6, 6.07) is 11.5. The summed E-state index contributed by atoms with van der Waals surface area (Å²) in [5, 5.41) is 10.4. The van der Waals surface area contributed by atoms with Gasteiger partial charge in [-0.1, -0.05) is 29.8 Å². The number of ether oxygens (including phenoxy) is 3. The van der Waals surface area contributed by atoms with Crippen molar-refractivity contribution in [1.29, 1.82) is 0 Å². The van der Waals surface area contributed by atoms with Crippen molar-refractivity contribution in [1.82, 2.24) is 19.7 Å². The van der Waals surface area contributed by atoms with Gasteiger partial charge in [-0.3, -0.25) is 14.4 Å². The monoisotopic (exact) mass is 609 g/mol. The highest BCUT2D eigenvalue weighted by Crippen LogP contribution is 2.44. The zero-order valence-electron chi connectivity index (χ0n) is 23.1. The Morgan fingerprint density at radius 3 is 2.63 bits per heavy atom. The highest BCUT2D eigenvalue weighted by molar-refractivity contribution is 8.00. The van der Waals surface area contributed by atoms with Crippen molar-refractivity contribution in [3.63, 3.8) is 0 Å². The molecule has 0 bridgehead atoms. The number of hydrogen-bond donors (Lipinski definition) is 0. The first kappa shape index (κ1) is 27.6. The highest BCUT2D eigenvalue weighted by atomic mass is 35.5. The van der Waals surface area contributed by atoms with Crippen molar-refractivity contribution in [2.75, 3.05) is 33.6 Å². The molecule has 2 aromatic carbocycles. The van der Waals surface area contributed by atoms with E-state index >= 15 is 0 Å². The summed E-state index contributed by atoms with van der Waals surface area (Å²) in [4.78, 5) is 22.3. The summed E-state index contributed by atoms with van der Waals surface area (Å²) < 4.78 is 18.6. The molecule has 0 spiro atoms. The van der Waals surface area contributed by atoms with E-state index in [1.807, 2.05) is 48.2 Å². The van der Waals surface area contributed by atoms with Crippen LogP contribution in [0.25, 0.3) is 5.00 Å². The fourth-order valence-electron chi connectivity index (χ4n) is 5.30. The first-order chi connectivity index (χ1) is 19.9. The van der Waals surface area contributed by atoms with Gasteiger partial charge in [-0.15, -0.1) is 33.3 Å². The molecular formula is C29H28ClN5O4S2. The van der Waals surface area contributed by atoms with Crippen molar-refractivity contribution < 1.29 is 19.0 Å². The van der Waals surface area contributed by atoms with Crippen LogP contribution in [0.1, 0.15) is 33.2 Å². The third-order valence-electron chi connectivity index (χ3n) is 7.25. The molecule has 212 valence electrons. The van der Waals surface area contributed by atoms with Gasteiger partial charge >= 0.3 is 0 Å². The van der Waals surface area contributed by atoms with Crippen molar-refractivity contribution in [3.8, 4) is 22.2 Å². The van der Waals surface area contributed by atoms with Gasteiger partial charge in [-0.05, 0) is 37.1 Å². The van der Waals surface area contributed by atoms with Gasteiger partial charge in [0.1, 0.15) is 17.4 Å². The van der Waals surface area contributed by atoms with Gasteiger partial charge in [-0.25, -0.2) is 0 Å². The Morgan fingerprint density at radius 2 is 1.88 bits per heavy atom. The van der Waals surface area contributed by atoms with Gasteiger partial charge in [0.15, 0.2) is 17.3 Å². The van der Waals surface area contributed by atoms with Crippen LogP contribution in [0.5, 0.6) is 17.2 Å². The summed E-state index contributed by atoms with van der Waals surface area (Å²) in [5.41, 5.74) is 4.04. The third kappa shape index (κ3) is 4.85. The number of nitrogens with zero attached hydrogens (tertiary/aromatic N) is 5. The lowest BCUT2D eigenvalue weighted by Crippen LogP contribution is -2.36. The molecular weight excluding hydrogens is 582 g/mol. The maximum atomic E-state index is 13.4. The molecule has 0 saturated carbocycles. The summed E-state index contributed by atoms with van der Waals surface area (Å²) >= 11 is 9.76. The number of hydrogen-bond acceptors (Lipinski definition) is 9. The number of aryl methyl sites for hydroxylation is 1. The van der Waals surface area contributed by atoms with Gasteiger partial charge in [0.2, 0.25) is 11.7 Å². The average Bonchev–Trinajstić information content (AvgIpc) is 3.50. The Kier molecular flexibility index (Phi) is 7.67. The lowest BCUT2D eigenvalue weighted by atomic mass is 9.95. The molecule has 0 N–H and O–H groups in total. The number of carbonyl (C=O) groups is 1. The lowest BCUT2D eigenvalue weighted by Gasteiger charge is -2.27. The normalized spacial score (nSPS) is 14.0. The maximum Gasteiger partial charge on any atom is 0.233 e. The molecule has 12 heteroatoms. The third-order valence-corrected chi connectivity index (χ3v) is 9.80. The van der Waals surface area contributed by atoms with Crippen molar-refractivity contribution in [2.24, 2.45) is 4.99 Å². The van der Waals surface area contributed by atoms with E-state index < -0.39 is 0 Å². The molecule has 0 fully saturated rings. The first-order valence-electron chi connectivity index (χ1n) is 13.0. The molecule has 0 atom stereocenters. The Bertz CT molecular complexity index is 1680. The zero-order valence-corrected chi connectivity index (χ0v) is 25.5. The number of rotatable bonds is 7. The molecule has 2 aromatic heterocycles. The van der Waals surface area contributed by atoms with Gasteiger partial charge in [0.25, 0.3) is 0 Å². The smallest absolute Gasteiger partial charge is 0.233 e. The molecule has 4 aromatic rings. The SMILES string of the molecule is COc1ccc(SCC(=O)N2CCc3c(sc4c3C(c3ccccc3Cl)=NCc3nnc(C)n3-4)C2)c(OC)c1OC.